The number of fused-ring (bicyclic) bond motifs is 2. The SMILES string of the molecule is C=CCOC(=O)NCCCC[C@@H]1NC(=O)[C@H](CCCCNC(=O)OC(C)(C)C)NC(=O)CNC(=O)[C@@H]2CCCN2C(=O)[C@H](CCCCNC(=O)OC(C)(C)C)NC(=O)[C@H](C)NC(=O)[C@H](CCCCNC(=O)OC(C)(C)C)NC(=O)CNC(=O)[C@@H]2CCCN2C(=O)[C@H](CCCCNC(=O)OC(C)(C)C)NC1=O. The Labute approximate surface area is 622 Å². The van der Waals surface area contributed by atoms with Crippen LogP contribution in [0.1, 0.15) is 212 Å². The van der Waals surface area contributed by atoms with Crippen molar-refractivity contribution in [1.29, 1.82) is 0 Å². The minimum Gasteiger partial charge on any atom is -0.445 e. The number of hydrogen-bond donors (Lipinski definition) is 13. The Hall–Kier alpha value is -9.21. The number of unbranched alkanes of at least 4 members (excludes halogenated alkanes) is 5. The van der Waals surface area contributed by atoms with Crippen LogP contribution in [0, 0.1) is 0 Å². The van der Waals surface area contributed by atoms with E-state index in [2.05, 4.69) is 75.7 Å². The van der Waals surface area contributed by atoms with Crippen molar-refractivity contribution in [3.05, 3.63) is 12.7 Å². The number of nitrogens with zero attached hydrogens (tertiary/aromatic N) is 2. The molecule has 3 fully saturated rings. The predicted octanol–water partition coefficient (Wildman–Crippen LogP) is 3.01. The van der Waals surface area contributed by atoms with Gasteiger partial charge in [-0.1, -0.05) is 12.7 Å². The van der Waals surface area contributed by atoms with Crippen molar-refractivity contribution in [3.63, 3.8) is 0 Å². The van der Waals surface area contributed by atoms with Crippen LogP contribution in [0.25, 0.3) is 0 Å². The van der Waals surface area contributed by atoms with Crippen LogP contribution in [0.3, 0.4) is 0 Å². The summed E-state index contributed by atoms with van der Waals surface area (Å²) >= 11 is 0. The van der Waals surface area contributed by atoms with Gasteiger partial charge in [-0.25, -0.2) is 24.0 Å². The number of amides is 15. The quantitative estimate of drug-likeness (QED) is 0.0319. The summed E-state index contributed by atoms with van der Waals surface area (Å²) in [5.41, 5.74) is -3.16. The van der Waals surface area contributed by atoms with Gasteiger partial charge in [-0.2, -0.15) is 0 Å². The number of carbonyl (C=O) groups excluding carboxylic acids is 15. The van der Waals surface area contributed by atoms with Gasteiger partial charge in [0.1, 0.15) is 77.3 Å². The van der Waals surface area contributed by atoms with Crippen LogP contribution >= 0.6 is 0 Å². The van der Waals surface area contributed by atoms with Gasteiger partial charge in [-0.05, 0) is 212 Å². The van der Waals surface area contributed by atoms with Crippen molar-refractivity contribution >= 4 is 89.5 Å². The summed E-state index contributed by atoms with van der Waals surface area (Å²) < 4.78 is 26.4. The second-order valence-corrected chi connectivity index (χ2v) is 30.5. The average Bonchev–Trinajstić information content (AvgIpc) is 1.64. The highest BCUT2D eigenvalue weighted by molar-refractivity contribution is 5.99. The average molecular weight is 1500 g/mol. The van der Waals surface area contributed by atoms with E-state index in [4.69, 9.17) is 23.7 Å². The molecule has 0 spiro atoms. The van der Waals surface area contributed by atoms with Crippen molar-refractivity contribution in [1.82, 2.24) is 78.9 Å². The Kier molecular flexibility index (Phi) is 38.9. The Morgan fingerprint density at radius 1 is 0.396 bits per heavy atom. The summed E-state index contributed by atoms with van der Waals surface area (Å²) in [6.45, 7) is 24.4. The highest BCUT2D eigenvalue weighted by Crippen LogP contribution is 2.23. The summed E-state index contributed by atoms with van der Waals surface area (Å²) in [5.74, 6) is -7.97. The van der Waals surface area contributed by atoms with Gasteiger partial charge in [0.25, 0.3) is 0 Å². The minimum absolute atomic E-state index is 0.0205. The molecule has 3 aliphatic rings. The fourth-order valence-corrected chi connectivity index (χ4v) is 11.4. The number of hydrogen-bond acceptors (Lipinski definition) is 20. The number of nitrogens with one attached hydrogen (secondary N) is 13. The third-order valence-corrected chi connectivity index (χ3v) is 16.3. The molecule has 0 aromatic carbocycles. The van der Waals surface area contributed by atoms with E-state index in [-0.39, 0.29) is 149 Å². The molecule has 15 amide bonds. The molecule has 3 rings (SSSR count). The first-order valence-electron chi connectivity index (χ1n) is 37.0. The van der Waals surface area contributed by atoms with Crippen LogP contribution in [0.2, 0.25) is 0 Å². The molecule has 0 radical (unpaired) electrons. The molecule has 0 unspecified atom stereocenters. The molecular formula is C71H121N15O20. The maximum atomic E-state index is 15.0. The molecule has 8 atom stereocenters. The molecule has 0 aromatic rings. The lowest BCUT2D eigenvalue weighted by molar-refractivity contribution is -0.142. The second kappa shape index (κ2) is 45.3. The number of carbonyl (C=O) groups is 15. The highest BCUT2D eigenvalue weighted by atomic mass is 16.6. The first-order valence-corrected chi connectivity index (χ1v) is 37.0. The van der Waals surface area contributed by atoms with Gasteiger partial charge in [-0.15, -0.1) is 0 Å². The van der Waals surface area contributed by atoms with Gasteiger partial charge in [-0.3, -0.25) is 47.9 Å². The Balaban J connectivity index is 2.16. The largest absolute Gasteiger partial charge is 0.445 e. The summed E-state index contributed by atoms with van der Waals surface area (Å²) in [5, 5.41) is 34.6. The lowest BCUT2D eigenvalue weighted by Gasteiger charge is -2.30. The summed E-state index contributed by atoms with van der Waals surface area (Å²) in [7, 11) is 0. The smallest absolute Gasteiger partial charge is 0.407 e. The van der Waals surface area contributed by atoms with E-state index >= 15 is 4.79 Å². The van der Waals surface area contributed by atoms with Crippen LogP contribution in [0.5, 0.6) is 0 Å². The van der Waals surface area contributed by atoms with Crippen LogP contribution in [0.15, 0.2) is 12.7 Å². The van der Waals surface area contributed by atoms with Crippen molar-refractivity contribution in [2.45, 2.75) is 283 Å². The van der Waals surface area contributed by atoms with Gasteiger partial charge in [0.05, 0.1) is 13.1 Å². The number of alkyl carbamates (subject to hydrolysis) is 5. The van der Waals surface area contributed by atoms with Gasteiger partial charge in [0, 0.05) is 45.8 Å². The molecule has 3 heterocycles. The third kappa shape index (κ3) is 37.7. The van der Waals surface area contributed by atoms with E-state index in [0.717, 1.165) is 0 Å². The van der Waals surface area contributed by atoms with Crippen molar-refractivity contribution in [2.75, 3.05) is 65.5 Å². The van der Waals surface area contributed by atoms with Crippen molar-refractivity contribution in [3.8, 4) is 0 Å². The molecular weight excluding hydrogens is 1380 g/mol. The van der Waals surface area contributed by atoms with Crippen LogP contribution in [-0.4, -0.2) is 236 Å². The fraction of sp³-hybridized carbons (Fsp3) is 0.761. The standard InChI is InChI=1S/C71H121N15O20/c1-15-42-102-63(97)72-35-21-18-30-48-58(92)84-50(32-20-25-39-76-67(101)106-71(12,13)14)62(96)86-41-27-34-52(86)60(94)77-43-53(87)80-46(28-16-22-36-73-64(98)103-68(3,4)5)56(90)79-45(2)55(89)83-49(31-19-24-38-75-66(100)105-70(9,10)11)61(95)85-40-26-33-51(85)59(93)78-44-54(88)81-47(57(91)82-48)29-17-23-37-74-65(99)104-69(6,7)8/h15,45-52H,1,16-44H2,2-14H3,(H,72,97)(H,73,98)(H,74,99)(H,75,100)(H,76,101)(H,77,94)(H,78,93)(H,79,90)(H,80,87)(H,81,88)(H,82,91)(H,83,89)(H,84,92)/t45-,46-,47-,48-,49-,50-,51-,52-/m0/s1. The fourth-order valence-electron chi connectivity index (χ4n) is 11.4. The molecule has 0 bridgehead atoms. The Morgan fingerprint density at radius 3 is 1.00 bits per heavy atom. The van der Waals surface area contributed by atoms with E-state index in [1.165, 1.54) is 22.8 Å². The van der Waals surface area contributed by atoms with E-state index in [1.807, 2.05) is 0 Å². The molecule has 0 aromatic heterocycles. The second-order valence-electron chi connectivity index (χ2n) is 30.5. The topological polar surface area (TPSA) is 465 Å². The number of ether oxygens (including phenoxy) is 5. The summed E-state index contributed by atoms with van der Waals surface area (Å²) in [4.78, 5) is 210. The monoisotopic (exact) mass is 1500 g/mol. The molecule has 0 aliphatic carbocycles. The first-order chi connectivity index (χ1) is 49.6. The molecule has 600 valence electrons. The van der Waals surface area contributed by atoms with E-state index in [1.54, 1.807) is 83.1 Å². The normalized spacial score (nSPS) is 21.8. The lowest BCUT2D eigenvalue weighted by atomic mass is 10.0. The third-order valence-electron chi connectivity index (χ3n) is 16.3. The van der Waals surface area contributed by atoms with Gasteiger partial charge in [0.2, 0.25) is 59.1 Å². The summed E-state index contributed by atoms with van der Waals surface area (Å²) in [6.07, 6.45) is 0.967. The molecule has 3 aliphatic heterocycles. The predicted molar refractivity (Wildman–Crippen MR) is 388 cm³/mol. The van der Waals surface area contributed by atoms with E-state index < -0.39 is 173 Å². The maximum Gasteiger partial charge on any atom is 0.407 e. The van der Waals surface area contributed by atoms with E-state index in [0.29, 0.717) is 25.7 Å². The zero-order chi connectivity index (χ0) is 79.4. The van der Waals surface area contributed by atoms with Crippen LogP contribution in [-0.2, 0) is 71.6 Å². The molecule has 13 N–H and O–H groups in total. The molecule has 3 saturated heterocycles. The zero-order valence-corrected chi connectivity index (χ0v) is 64.5. The van der Waals surface area contributed by atoms with E-state index in [9.17, 15) is 67.1 Å². The van der Waals surface area contributed by atoms with Gasteiger partial charge in [0.15, 0.2) is 0 Å². The molecule has 0 saturated carbocycles. The summed E-state index contributed by atoms with van der Waals surface area (Å²) in [6, 6.07) is -10.6. The van der Waals surface area contributed by atoms with Crippen LogP contribution in [0.4, 0.5) is 24.0 Å². The zero-order valence-electron chi connectivity index (χ0n) is 64.5. The minimum atomic E-state index is -1.44. The molecule has 35 heteroatoms. The lowest BCUT2D eigenvalue weighted by Crippen LogP contribution is -2.59. The maximum absolute atomic E-state index is 15.0. The van der Waals surface area contributed by atoms with Crippen molar-refractivity contribution < 1.29 is 95.6 Å². The van der Waals surface area contributed by atoms with Crippen LogP contribution < -0.4 is 69.1 Å². The van der Waals surface area contributed by atoms with Gasteiger partial charge < -0.3 is 103 Å². The van der Waals surface area contributed by atoms with Gasteiger partial charge >= 0.3 is 30.5 Å². The first kappa shape index (κ1) is 91.0. The molecule has 106 heavy (non-hydrogen) atoms. The highest BCUT2D eigenvalue weighted by Gasteiger charge is 2.41. The Morgan fingerprint density at radius 2 is 0.679 bits per heavy atom. The molecule has 35 nitrogen and oxygen atoms in total. The number of rotatable bonds is 27. The Bertz CT molecular complexity index is 2980. The van der Waals surface area contributed by atoms with Crippen molar-refractivity contribution in [2.24, 2.45) is 0 Å².